The second-order valence-electron chi connectivity index (χ2n) is 6.68. The molecule has 0 radical (unpaired) electrons. The van der Waals surface area contributed by atoms with Crippen molar-refractivity contribution in [3.63, 3.8) is 0 Å². The summed E-state index contributed by atoms with van der Waals surface area (Å²) in [7, 11) is 0. The summed E-state index contributed by atoms with van der Waals surface area (Å²) in [5.41, 5.74) is 5.84. The molecule has 1 aliphatic heterocycles. The van der Waals surface area contributed by atoms with Crippen LogP contribution in [0.2, 0.25) is 0 Å². The molecule has 4 heteroatoms. The number of hydrogen-bond acceptors (Lipinski definition) is 3. The summed E-state index contributed by atoms with van der Waals surface area (Å²) in [6.07, 6.45) is 6.10. The molecule has 0 aromatic heterocycles. The van der Waals surface area contributed by atoms with Crippen LogP contribution in [0.3, 0.4) is 0 Å². The van der Waals surface area contributed by atoms with Gasteiger partial charge in [0.15, 0.2) is 0 Å². The first kappa shape index (κ1) is 13.1. The lowest BCUT2D eigenvalue weighted by Gasteiger charge is -2.36. The first-order valence-electron chi connectivity index (χ1n) is 7.70. The van der Waals surface area contributed by atoms with Crippen LogP contribution < -0.4 is 5.73 Å². The Morgan fingerprint density at radius 2 is 1.68 bits per heavy atom. The van der Waals surface area contributed by atoms with E-state index in [0.29, 0.717) is 18.4 Å². The molecule has 3 aliphatic rings. The first-order chi connectivity index (χ1) is 9.13. The van der Waals surface area contributed by atoms with Crippen LogP contribution in [0.1, 0.15) is 45.4 Å². The van der Waals surface area contributed by atoms with Crippen molar-refractivity contribution < 1.29 is 9.59 Å². The van der Waals surface area contributed by atoms with Gasteiger partial charge in [0.25, 0.3) is 0 Å². The lowest BCUT2D eigenvalue weighted by Crippen LogP contribution is -2.48. The maximum atomic E-state index is 12.6. The van der Waals surface area contributed by atoms with Gasteiger partial charge in [-0.25, -0.2) is 0 Å². The van der Waals surface area contributed by atoms with Gasteiger partial charge in [-0.3, -0.25) is 14.5 Å². The van der Waals surface area contributed by atoms with Crippen LogP contribution in [-0.4, -0.2) is 29.3 Å². The van der Waals surface area contributed by atoms with Gasteiger partial charge in [-0.05, 0) is 44.1 Å². The molecular formula is C15H24N2O2. The van der Waals surface area contributed by atoms with Crippen LogP contribution in [0.5, 0.6) is 0 Å². The van der Waals surface area contributed by atoms with Crippen molar-refractivity contribution in [2.45, 2.75) is 51.5 Å². The van der Waals surface area contributed by atoms with Gasteiger partial charge in [0.2, 0.25) is 11.8 Å². The number of nitrogens with zero attached hydrogens (tertiary/aromatic N) is 1. The van der Waals surface area contributed by atoms with Crippen molar-refractivity contribution in [3.8, 4) is 0 Å². The Morgan fingerprint density at radius 3 is 2.26 bits per heavy atom. The number of rotatable bonds is 2. The number of carbonyl (C=O) groups is 2. The zero-order valence-corrected chi connectivity index (χ0v) is 11.7. The molecule has 2 saturated carbocycles. The minimum atomic E-state index is -0.0251. The highest BCUT2D eigenvalue weighted by Gasteiger charge is 2.54. The molecule has 106 valence electrons. The summed E-state index contributed by atoms with van der Waals surface area (Å²) < 4.78 is 0. The summed E-state index contributed by atoms with van der Waals surface area (Å²) in [6, 6.07) is 0.0830. The molecule has 2 amide bonds. The Bertz CT molecular complexity index is 372. The van der Waals surface area contributed by atoms with E-state index in [1.807, 2.05) is 0 Å². The predicted molar refractivity (Wildman–Crippen MR) is 72.0 cm³/mol. The molecule has 0 bridgehead atoms. The van der Waals surface area contributed by atoms with E-state index in [4.69, 9.17) is 5.73 Å². The third-order valence-corrected chi connectivity index (χ3v) is 5.41. The van der Waals surface area contributed by atoms with Crippen LogP contribution in [-0.2, 0) is 9.59 Å². The Morgan fingerprint density at radius 1 is 1.11 bits per heavy atom. The molecule has 0 spiro atoms. The minimum Gasteiger partial charge on any atom is -0.330 e. The molecular weight excluding hydrogens is 240 g/mol. The van der Waals surface area contributed by atoms with Gasteiger partial charge in [0, 0.05) is 6.04 Å². The molecule has 3 fully saturated rings. The van der Waals surface area contributed by atoms with Crippen LogP contribution in [0.15, 0.2) is 0 Å². The Kier molecular flexibility index (Phi) is 3.37. The third kappa shape index (κ3) is 2.00. The van der Waals surface area contributed by atoms with Crippen LogP contribution >= 0.6 is 0 Å². The van der Waals surface area contributed by atoms with E-state index >= 15 is 0 Å². The summed E-state index contributed by atoms with van der Waals surface area (Å²) in [5, 5.41) is 0. The second-order valence-corrected chi connectivity index (χ2v) is 6.68. The van der Waals surface area contributed by atoms with Gasteiger partial charge in [-0.15, -0.1) is 0 Å². The predicted octanol–water partition coefficient (Wildman–Crippen LogP) is 1.54. The number of nitrogens with two attached hydrogens (primary N) is 1. The number of hydrogen-bond donors (Lipinski definition) is 1. The van der Waals surface area contributed by atoms with E-state index < -0.39 is 0 Å². The molecule has 2 aliphatic carbocycles. The number of amides is 2. The highest BCUT2D eigenvalue weighted by molar-refractivity contribution is 6.05. The van der Waals surface area contributed by atoms with E-state index in [1.165, 1.54) is 6.42 Å². The summed E-state index contributed by atoms with van der Waals surface area (Å²) in [6.45, 7) is 2.74. The smallest absolute Gasteiger partial charge is 0.233 e. The van der Waals surface area contributed by atoms with E-state index in [0.717, 1.165) is 32.1 Å². The first-order valence-corrected chi connectivity index (χ1v) is 7.70. The number of fused-ring (bicyclic) bond motifs is 1. The van der Waals surface area contributed by atoms with Crippen molar-refractivity contribution in [2.75, 3.05) is 6.54 Å². The zero-order chi connectivity index (χ0) is 13.6. The molecule has 3 rings (SSSR count). The van der Waals surface area contributed by atoms with Crippen molar-refractivity contribution in [1.29, 1.82) is 0 Å². The van der Waals surface area contributed by atoms with Crippen molar-refractivity contribution in [3.05, 3.63) is 0 Å². The number of likely N-dealkylation sites (tertiary alicyclic amines) is 1. The molecule has 4 atom stereocenters. The molecule has 0 aromatic carbocycles. The largest absolute Gasteiger partial charge is 0.330 e. The minimum absolute atomic E-state index is 0.0251. The van der Waals surface area contributed by atoms with Crippen LogP contribution in [0.4, 0.5) is 0 Å². The number of imide groups is 1. The Labute approximate surface area is 114 Å². The monoisotopic (exact) mass is 264 g/mol. The average Bonchev–Trinajstić information content (AvgIpc) is 2.89. The molecule has 0 aromatic rings. The lowest BCUT2D eigenvalue weighted by molar-refractivity contribution is -0.145. The van der Waals surface area contributed by atoms with Gasteiger partial charge in [-0.2, -0.15) is 0 Å². The Hall–Kier alpha value is -0.900. The summed E-state index contributed by atoms with van der Waals surface area (Å²) in [4.78, 5) is 26.8. The number of carbonyl (C=O) groups excluding carboxylic acids is 2. The highest BCUT2D eigenvalue weighted by Crippen LogP contribution is 2.45. The summed E-state index contributed by atoms with van der Waals surface area (Å²) >= 11 is 0. The third-order valence-electron chi connectivity index (χ3n) is 5.41. The standard InChI is InChI=1S/C15H24N2O2/c1-9-6-11-12(7-9)15(19)17(14(11)18)13-5-3-2-4-10(13)8-16/h9-13H,2-8,16H2,1H3. The fourth-order valence-electron chi connectivity index (χ4n) is 4.43. The van der Waals surface area contributed by atoms with Gasteiger partial charge >= 0.3 is 0 Å². The van der Waals surface area contributed by atoms with Crippen molar-refractivity contribution in [2.24, 2.45) is 29.4 Å². The quantitative estimate of drug-likeness (QED) is 0.769. The molecule has 4 unspecified atom stereocenters. The molecule has 1 saturated heterocycles. The zero-order valence-electron chi connectivity index (χ0n) is 11.7. The van der Waals surface area contributed by atoms with E-state index in [1.54, 1.807) is 4.90 Å². The summed E-state index contributed by atoms with van der Waals surface area (Å²) in [5.74, 6) is 0.986. The van der Waals surface area contributed by atoms with Crippen LogP contribution in [0, 0.1) is 23.7 Å². The van der Waals surface area contributed by atoms with Gasteiger partial charge in [-0.1, -0.05) is 19.8 Å². The van der Waals surface area contributed by atoms with Gasteiger partial charge in [0.1, 0.15) is 0 Å². The molecule has 4 nitrogen and oxygen atoms in total. The maximum absolute atomic E-state index is 12.6. The second kappa shape index (κ2) is 4.89. The van der Waals surface area contributed by atoms with Crippen LogP contribution in [0.25, 0.3) is 0 Å². The molecule has 2 N–H and O–H groups in total. The SMILES string of the molecule is CC1CC2C(=O)N(C3CCCCC3CN)C(=O)C2C1. The Balaban J connectivity index is 1.82. The van der Waals surface area contributed by atoms with Crippen molar-refractivity contribution in [1.82, 2.24) is 4.90 Å². The fraction of sp³-hybridized carbons (Fsp3) is 0.867. The van der Waals surface area contributed by atoms with E-state index in [2.05, 4.69) is 6.92 Å². The highest BCUT2D eigenvalue weighted by atomic mass is 16.2. The van der Waals surface area contributed by atoms with Gasteiger partial charge < -0.3 is 5.73 Å². The topological polar surface area (TPSA) is 63.4 Å². The van der Waals surface area contributed by atoms with E-state index in [9.17, 15) is 9.59 Å². The normalized spacial score (nSPS) is 42.8. The van der Waals surface area contributed by atoms with Crippen molar-refractivity contribution >= 4 is 11.8 Å². The fourth-order valence-corrected chi connectivity index (χ4v) is 4.43. The molecule has 19 heavy (non-hydrogen) atoms. The van der Waals surface area contributed by atoms with Gasteiger partial charge in [0.05, 0.1) is 11.8 Å². The molecule has 1 heterocycles. The lowest BCUT2D eigenvalue weighted by atomic mass is 9.83. The average molecular weight is 264 g/mol. The van der Waals surface area contributed by atoms with E-state index in [-0.39, 0.29) is 29.7 Å². The maximum Gasteiger partial charge on any atom is 0.233 e.